The van der Waals surface area contributed by atoms with Crippen molar-refractivity contribution in [3.05, 3.63) is 24.0 Å². The van der Waals surface area contributed by atoms with Crippen molar-refractivity contribution in [3.63, 3.8) is 0 Å². The molecule has 1 atom stereocenters. The zero-order valence-corrected chi connectivity index (χ0v) is 12.7. The maximum absolute atomic E-state index is 13.7. The first-order valence-electron chi connectivity index (χ1n) is 6.62. The molecule has 0 radical (unpaired) electrons. The van der Waals surface area contributed by atoms with E-state index in [0.29, 0.717) is 19.0 Å². The van der Waals surface area contributed by atoms with Crippen LogP contribution in [0.5, 0.6) is 5.75 Å². The first-order chi connectivity index (χ1) is 10.2. The molecule has 124 valence electrons. The molecule has 1 saturated heterocycles. The van der Waals surface area contributed by atoms with Crippen LogP contribution in [0.25, 0.3) is 0 Å². The van der Waals surface area contributed by atoms with Crippen LogP contribution < -0.4 is 10.5 Å². The Morgan fingerprint density at radius 1 is 1.45 bits per heavy atom. The van der Waals surface area contributed by atoms with Gasteiger partial charge in [-0.15, -0.1) is 0 Å². The molecule has 1 unspecified atom stereocenters. The maximum atomic E-state index is 13.7. The number of nitrogens with zero attached hydrogens (tertiary/aromatic N) is 1. The van der Waals surface area contributed by atoms with Crippen LogP contribution in [-0.4, -0.2) is 39.0 Å². The highest BCUT2D eigenvalue weighted by atomic mass is 32.2. The average Bonchev–Trinajstić information content (AvgIpc) is 2.84. The molecule has 0 aromatic heterocycles. The Labute approximate surface area is 126 Å². The number of halogens is 3. The van der Waals surface area contributed by atoms with Crippen LogP contribution in [0.1, 0.15) is 13.3 Å². The minimum absolute atomic E-state index is 0.239. The van der Waals surface area contributed by atoms with Crippen molar-refractivity contribution in [3.8, 4) is 5.75 Å². The normalized spacial score (nSPS) is 23.2. The molecule has 1 fully saturated rings. The molecular formula is C13H17F3N2O3S. The number of alkyl halides is 2. The molecule has 1 heterocycles. The Hall–Kier alpha value is -1.32. The van der Waals surface area contributed by atoms with Gasteiger partial charge in [0.1, 0.15) is 0 Å². The molecule has 0 aliphatic carbocycles. The third-order valence-corrected chi connectivity index (χ3v) is 5.61. The number of rotatable bonds is 5. The summed E-state index contributed by atoms with van der Waals surface area (Å²) < 4.78 is 67.9. The third-order valence-electron chi connectivity index (χ3n) is 3.77. The van der Waals surface area contributed by atoms with Crippen LogP contribution in [0.15, 0.2) is 23.1 Å². The van der Waals surface area contributed by atoms with Crippen LogP contribution in [0.3, 0.4) is 0 Å². The van der Waals surface area contributed by atoms with Gasteiger partial charge in [-0.2, -0.15) is 13.1 Å². The second-order valence-corrected chi connectivity index (χ2v) is 7.51. The van der Waals surface area contributed by atoms with Gasteiger partial charge in [0, 0.05) is 13.1 Å². The fraction of sp³-hybridized carbons (Fsp3) is 0.538. The van der Waals surface area contributed by atoms with Crippen LogP contribution in [0, 0.1) is 11.2 Å². The lowest BCUT2D eigenvalue weighted by atomic mass is 9.90. The standard InChI is InChI=1S/C13H17F3N2O3S/c1-13(7-17)4-5-18(8-13)22(19,20)9-2-3-11(10(14)6-9)21-12(15)16/h2-3,6,12H,4-5,7-8,17H2,1H3. The lowest BCUT2D eigenvalue weighted by Crippen LogP contribution is -2.34. The van der Waals surface area contributed by atoms with E-state index in [4.69, 9.17) is 5.73 Å². The highest BCUT2D eigenvalue weighted by Crippen LogP contribution is 2.33. The van der Waals surface area contributed by atoms with Crippen molar-refractivity contribution < 1.29 is 26.3 Å². The Balaban J connectivity index is 2.26. The molecule has 22 heavy (non-hydrogen) atoms. The molecule has 2 N–H and O–H groups in total. The zero-order chi connectivity index (χ0) is 16.5. The molecule has 0 spiro atoms. The van der Waals surface area contributed by atoms with Gasteiger partial charge in [-0.05, 0) is 36.6 Å². The molecule has 1 aliphatic heterocycles. The minimum atomic E-state index is -3.89. The van der Waals surface area contributed by atoms with Gasteiger partial charge in [0.05, 0.1) is 4.90 Å². The van der Waals surface area contributed by atoms with Crippen LogP contribution in [-0.2, 0) is 10.0 Å². The van der Waals surface area contributed by atoms with E-state index in [-0.39, 0.29) is 23.4 Å². The molecular weight excluding hydrogens is 321 g/mol. The lowest BCUT2D eigenvalue weighted by molar-refractivity contribution is -0.0522. The van der Waals surface area contributed by atoms with E-state index >= 15 is 0 Å². The molecule has 1 aromatic rings. The largest absolute Gasteiger partial charge is 0.432 e. The van der Waals surface area contributed by atoms with Crippen molar-refractivity contribution in [1.29, 1.82) is 0 Å². The molecule has 0 bridgehead atoms. The van der Waals surface area contributed by atoms with Crippen molar-refractivity contribution in [2.45, 2.75) is 24.9 Å². The summed E-state index contributed by atoms with van der Waals surface area (Å²) in [7, 11) is -3.89. The van der Waals surface area contributed by atoms with Gasteiger partial charge < -0.3 is 10.5 Å². The molecule has 9 heteroatoms. The summed E-state index contributed by atoms with van der Waals surface area (Å²) in [4.78, 5) is -0.298. The Kier molecular flexibility index (Phi) is 4.69. The van der Waals surface area contributed by atoms with Crippen molar-refractivity contribution in [2.75, 3.05) is 19.6 Å². The molecule has 2 rings (SSSR count). The van der Waals surface area contributed by atoms with Crippen molar-refractivity contribution >= 4 is 10.0 Å². The molecule has 1 aromatic carbocycles. The van der Waals surface area contributed by atoms with Gasteiger partial charge >= 0.3 is 6.61 Å². The Morgan fingerprint density at radius 2 is 2.14 bits per heavy atom. The fourth-order valence-corrected chi connectivity index (χ4v) is 3.94. The van der Waals surface area contributed by atoms with Crippen molar-refractivity contribution in [2.24, 2.45) is 11.1 Å². The molecule has 5 nitrogen and oxygen atoms in total. The van der Waals surface area contributed by atoms with Crippen molar-refractivity contribution in [1.82, 2.24) is 4.31 Å². The predicted molar refractivity (Wildman–Crippen MR) is 73.6 cm³/mol. The number of benzene rings is 1. The number of nitrogens with two attached hydrogens (primary N) is 1. The van der Waals surface area contributed by atoms with E-state index in [0.717, 1.165) is 12.1 Å². The molecule has 0 amide bonds. The summed E-state index contributed by atoms with van der Waals surface area (Å²) in [6.45, 7) is -0.437. The van der Waals surface area contributed by atoms with Crippen LogP contribution in [0.2, 0.25) is 0 Å². The number of hydrogen-bond acceptors (Lipinski definition) is 4. The number of ether oxygens (including phenoxy) is 1. The highest BCUT2D eigenvalue weighted by Gasteiger charge is 2.39. The molecule has 0 saturated carbocycles. The van der Waals surface area contributed by atoms with E-state index in [2.05, 4.69) is 4.74 Å². The SMILES string of the molecule is CC1(CN)CCN(S(=O)(=O)c2ccc(OC(F)F)c(F)c2)C1. The van der Waals surface area contributed by atoms with Crippen LogP contribution in [0.4, 0.5) is 13.2 Å². The maximum Gasteiger partial charge on any atom is 0.387 e. The lowest BCUT2D eigenvalue weighted by Gasteiger charge is -2.22. The van der Waals surface area contributed by atoms with Gasteiger partial charge in [0.15, 0.2) is 11.6 Å². The van der Waals surface area contributed by atoms with Gasteiger partial charge in [0.2, 0.25) is 10.0 Å². The summed E-state index contributed by atoms with van der Waals surface area (Å²) in [6, 6.07) is 2.62. The number of sulfonamides is 1. The number of hydrogen-bond donors (Lipinski definition) is 1. The Bertz CT molecular complexity index is 654. The van der Waals surface area contributed by atoms with Gasteiger partial charge in [0.25, 0.3) is 0 Å². The summed E-state index contributed by atoms with van der Waals surface area (Å²) in [5.74, 6) is -1.84. The van der Waals surface area contributed by atoms with Gasteiger partial charge in [-0.3, -0.25) is 0 Å². The van der Waals surface area contributed by atoms with Gasteiger partial charge in [-0.1, -0.05) is 6.92 Å². The van der Waals surface area contributed by atoms with E-state index < -0.39 is 28.2 Å². The monoisotopic (exact) mass is 338 g/mol. The first-order valence-corrected chi connectivity index (χ1v) is 8.06. The van der Waals surface area contributed by atoms with Gasteiger partial charge in [-0.25, -0.2) is 12.8 Å². The second-order valence-electron chi connectivity index (χ2n) is 5.57. The van der Waals surface area contributed by atoms with E-state index in [9.17, 15) is 21.6 Å². The molecule has 1 aliphatic rings. The van der Waals surface area contributed by atoms with E-state index in [1.165, 1.54) is 4.31 Å². The average molecular weight is 338 g/mol. The van der Waals surface area contributed by atoms with E-state index in [1.54, 1.807) is 0 Å². The first kappa shape index (κ1) is 17.0. The predicted octanol–water partition coefficient (Wildman–Crippen LogP) is 1.79. The summed E-state index contributed by atoms with van der Waals surface area (Å²) in [6.07, 6.45) is 0.609. The smallest absolute Gasteiger partial charge is 0.387 e. The highest BCUT2D eigenvalue weighted by molar-refractivity contribution is 7.89. The van der Waals surface area contributed by atoms with Crippen LogP contribution >= 0.6 is 0 Å². The second kappa shape index (κ2) is 6.05. The summed E-state index contributed by atoms with van der Waals surface area (Å²) in [5.41, 5.74) is 5.32. The zero-order valence-electron chi connectivity index (χ0n) is 11.9. The summed E-state index contributed by atoms with van der Waals surface area (Å²) in [5, 5.41) is 0. The minimum Gasteiger partial charge on any atom is -0.432 e. The topological polar surface area (TPSA) is 72.6 Å². The van der Waals surface area contributed by atoms with E-state index in [1.807, 2.05) is 6.92 Å². The third kappa shape index (κ3) is 3.36. The fourth-order valence-electron chi connectivity index (χ4n) is 2.33. The quantitative estimate of drug-likeness (QED) is 0.888. The summed E-state index contributed by atoms with van der Waals surface area (Å²) >= 11 is 0. The Morgan fingerprint density at radius 3 is 2.64 bits per heavy atom.